The molecule has 1 aromatic heterocycles. The van der Waals surface area contributed by atoms with Crippen molar-refractivity contribution in [2.45, 2.75) is 18.7 Å². The summed E-state index contributed by atoms with van der Waals surface area (Å²) in [6, 6.07) is 7.17. The number of anilines is 1. The number of rotatable bonds is 4. The van der Waals surface area contributed by atoms with Gasteiger partial charge in [-0.05, 0) is 54.0 Å². The summed E-state index contributed by atoms with van der Waals surface area (Å²) in [5.41, 5.74) is 0.328. The van der Waals surface area contributed by atoms with Crippen molar-refractivity contribution in [2.24, 2.45) is 0 Å². The highest BCUT2D eigenvalue weighted by molar-refractivity contribution is 9.11. The minimum atomic E-state index is -3.68. The summed E-state index contributed by atoms with van der Waals surface area (Å²) in [5.74, 6) is -0.459. The molecule has 0 saturated heterocycles. The van der Waals surface area contributed by atoms with E-state index in [0.717, 1.165) is 3.79 Å². The van der Waals surface area contributed by atoms with Gasteiger partial charge in [0.25, 0.3) is 10.0 Å². The maximum Gasteiger partial charge on any atom is 0.265 e. The first kappa shape index (κ1) is 15.5. The van der Waals surface area contributed by atoms with Crippen LogP contribution in [0.3, 0.4) is 0 Å². The molecule has 0 spiro atoms. The van der Waals surface area contributed by atoms with E-state index >= 15 is 0 Å². The Hall–Kier alpha value is -0.920. The summed E-state index contributed by atoms with van der Waals surface area (Å²) in [5, 5.41) is 0. The molecular formula is C13H13BrFNO2S2. The zero-order valence-corrected chi connectivity index (χ0v) is 14.1. The molecule has 0 N–H and O–H groups in total. The van der Waals surface area contributed by atoms with Crippen LogP contribution < -0.4 is 4.31 Å². The standard InChI is InChI=1S/C13H13BrFNO2S2/c1-3-16(11-6-4-5-10(15)7-11)20(17,18)12-8-13(14)19-9(12)2/h4-8H,3H2,1-2H3. The average molecular weight is 378 g/mol. The third-order valence-electron chi connectivity index (χ3n) is 2.79. The number of aryl methyl sites for hydroxylation is 1. The molecule has 1 aromatic carbocycles. The van der Waals surface area contributed by atoms with Gasteiger partial charge in [-0.15, -0.1) is 11.3 Å². The normalized spacial score (nSPS) is 11.6. The van der Waals surface area contributed by atoms with Crippen molar-refractivity contribution in [3.8, 4) is 0 Å². The Balaban J connectivity index is 2.53. The summed E-state index contributed by atoms with van der Waals surface area (Å²) in [7, 11) is -3.68. The van der Waals surface area contributed by atoms with Crippen LogP contribution in [-0.4, -0.2) is 15.0 Å². The lowest BCUT2D eigenvalue weighted by molar-refractivity contribution is 0.591. The Morgan fingerprint density at radius 3 is 2.55 bits per heavy atom. The molecule has 0 atom stereocenters. The largest absolute Gasteiger partial charge is 0.266 e. The second-order valence-corrected chi connectivity index (χ2v) is 8.59. The van der Waals surface area contributed by atoms with E-state index in [1.54, 1.807) is 26.0 Å². The third-order valence-corrected chi connectivity index (χ3v) is 6.51. The van der Waals surface area contributed by atoms with Crippen LogP contribution in [0.15, 0.2) is 39.0 Å². The number of thiophene rings is 1. The van der Waals surface area contributed by atoms with Crippen molar-refractivity contribution in [3.63, 3.8) is 0 Å². The van der Waals surface area contributed by atoms with Crippen molar-refractivity contribution >= 4 is 43.0 Å². The van der Waals surface area contributed by atoms with Gasteiger partial charge in [0.2, 0.25) is 0 Å². The lowest BCUT2D eigenvalue weighted by Crippen LogP contribution is -2.30. The van der Waals surface area contributed by atoms with E-state index in [1.165, 1.54) is 33.8 Å². The quantitative estimate of drug-likeness (QED) is 0.801. The first-order chi connectivity index (χ1) is 9.36. The molecule has 0 fully saturated rings. The maximum absolute atomic E-state index is 13.3. The van der Waals surface area contributed by atoms with E-state index in [-0.39, 0.29) is 11.4 Å². The second kappa shape index (κ2) is 5.83. The number of hydrogen-bond acceptors (Lipinski definition) is 3. The zero-order chi connectivity index (χ0) is 14.9. The molecule has 20 heavy (non-hydrogen) atoms. The van der Waals surface area contributed by atoms with Gasteiger partial charge in [-0.3, -0.25) is 4.31 Å². The minimum absolute atomic E-state index is 0.235. The molecule has 0 radical (unpaired) electrons. The van der Waals surface area contributed by atoms with Gasteiger partial charge in [-0.1, -0.05) is 6.07 Å². The molecule has 0 aliphatic carbocycles. The molecule has 0 aliphatic heterocycles. The Kier molecular flexibility index (Phi) is 4.51. The highest BCUT2D eigenvalue weighted by atomic mass is 79.9. The van der Waals surface area contributed by atoms with Crippen molar-refractivity contribution in [3.05, 3.63) is 44.8 Å². The van der Waals surface area contributed by atoms with Crippen LogP contribution in [-0.2, 0) is 10.0 Å². The van der Waals surface area contributed by atoms with Gasteiger partial charge in [0.15, 0.2) is 0 Å². The van der Waals surface area contributed by atoms with Gasteiger partial charge in [-0.2, -0.15) is 0 Å². The second-order valence-electron chi connectivity index (χ2n) is 4.12. The van der Waals surface area contributed by atoms with Crippen molar-refractivity contribution < 1.29 is 12.8 Å². The highest BCUT2D eigenvalue weighted by Gasteiger charge is 2.27. The van der Waals surface area contributed by atoms with Crippen molar-refractivity contribution in [1.29, 1.82) is 0 Å². The molecule has 0 aliphatic rings. The van der Waals surface area contributed by atoms with E-state index in [9.17, 15) is 12.8 Å². The SMILES string of the molecule is CCN(c1cccc(F)c1)S(=O)(=O)c1cc(Br)sc1C. The van der Waals surface area contributed by atoms with E-state index < -0.39 is 15.8 Å². The smallest absolute Gasteiger partial charge is 0.265 e. The number of nitrogens with zero attached hydrogens (tertiary/aromatic N) is 1. The van der Waals surface area contributed by atoms with Crippen LogP contribution in [0, 0.1) is 12.7 Å². The number of sulfonamides is 1. The first-order valence-electron chi connectivity index (χ1n) is 5.90. The number of benzene rings is 1. The molecule has 7 heteroatoms. The summed E-state index contributed by atoms with van der Waals surface area (Å²) in [4.78, 5) is 0.951. The van der Waals surface area contributed by atoms with E-state index in [0.29, 0.717) is 10.6 Å². The monoisotopic (exact) mass is 377 g/mol. The van der Waals surface area contributed by atoms with Gasteiger partial charge in [0.1, 0.15) is 10.7 Å². The lowest BCUT2D eigenvalue weighted by Gasteiger charge is -2.22. The predicted octanol–water partition coefficient (Wildman–Crippen LogP) is 4.17. The van der Waals surface area contributed by atoms with Crippen LogP contribution >= 0.6 is 27.3 Å². The number of hydrogen-bond donors (Lipinski definition) is 0. The molecule has 1 heterocycles. The van der Waals surface area contributed by atoms with Crippen molar-refractivity contribution in [1.82, 2.24) is 0 Å². The zero-order valence-electron chi connectivity index (χ0n) is 10.9. The Morgan fingerprint density at radius 2 is 2.05 bits per heavy atom. The molecule has 0 saturated carbocycles. The summed E-state index contributed by atoms with van der Waals surface area (Å²) in [6.07, 6.45) is 0. The Morgan fingerprint density at radius 1 is 1.35 bits per heavy atom. The maximum atomic E-state index is 13.3. The van der Waals surface area contributed by atoms with Gasteiger partial charge >= 0.3 is 0 Å². The van der Waals surface area contributed by atoms with Crippen LogP contribution in [0.2, 0.25) is 0 Å². The Labute approximate surface area is 130 Å². The lowest BCUT2D eigenvalue weighted by atomic mass is 10.3. The Bertz CT molecular complexity index is 728. The van der Waals surface area contributed by atoms with Crippen molar-refractivity contribution in [2.75, 3.05) is 10.8 Å². The van der Waals surface area contributed by atoms with Gasteiger partial charge in [0.05, 0.1) is 9.47 Å². The molecular weight excluding hydrogens is 365 g/mol. The summed E-state index contributed by atoms with van der Waals surface area (Å²) < 4.78 is 40.7. The predicted molar refractivity (Wildman–Crippen MR) is 83.4 cm³/mol. The van der Waals surface area contributed by atoms with E-state index in [2.05, 4.69) is 15.9 Å². The molecule has 0 bridgehead atoms. The molecule has 0 unspecified atom stereocenters. The van der Waals surface area contributed by atoms with Crippen LogP contribution in [0.4, 0.5) is 10.1 Å². The van der Waals surface area contributed by atoms with Crippen LogP contribution in [0.5, 0.6) is 0 Å². The van der Waals surface area contributed by atoms with E-state index in [4.69, 9.17) is 0 Å². The summed E-state index contributed by atoms with van der Waals surface area (Å²) in [6.45, 7) is 3.71. The topological polar surface area (TPSA) is 37.4 Å². The minimum Gasteiger partial charge on any atom is -0.266 e. The fraction of sp³-hybridized carbons (Fsp3) is 0.231. The van der Waals surface area contributed by atoms with Crippen LogP contribution in [0.1, 0.15) is 11.8 Å². The van der Waals surface area contributed by atoms with Crippen LogP contribution in [0.25, 0.3) is 0 Å². The molecule has 0 amide bonds. The van der Waals surface area contributed by atoms with Gasteiger partial charge in [-0.25, -0.2) is 12.8 Å². The first-order valence-corrected chi connectivity index (χ1v) is 8.95. The van der Waals surface area contributed by atoms with E-state index in [1.807, 2.05) is 0 Å². The highest BCUT2D eigenvalue weighted by Crippen LogP contribution is 2.33. The molecule has 2 rings (SSSR count). The third kappa shape index (κ3) is 2.89. The summed E-state index contributed by atoms with van der Waals surface area (Å²) >= 11 is 4.65. The molecule has 3 nitrogen and oxygen atoms in total. The molecule has 2 aromatic rings. The fourth-order valence-corrected chi connectivity index (χ4v) is 5.78. The van der Waals surface area contributed by atoms with Gasteiger partial charge < -0.3 is 0 Å². The average Bonchev–Trinajstić information content (AvgIpc) is 2.70. The fourth-order valence-electron chi connectivity index (χ4n) is 1.93. The molecule has 108 valence electrons. The number of halogens is 2. The van der Waals surface area contributed by atoms with Gasteiger partial charge in [0, 0.05) is 11.4 Å².